The summed E-state index contributed by atoms with van der Waals surface area (Å²) in [5.74, 6) is 0.867. The minimum Gasteiger partial charge on any atom is -0.497 e. The zero-order valence-corrected chi connectivity index (χ0v) is 18.4. The van der Waals surface area contributed by atoms with Crippen LogP contribution in [0.1, 0.15) is 0 Å². The van der Waals surface area contributed by atoms with E-state index in [2.05, 4.69) is 96.5 Å². The summed E-state index contributed by atoms with van der Waals surface area (Å²) in [7, 11) is -1.12. The van der Waals surface area contributed by atoms with Gasteiger partial charge in [0.05, 0.1) is 7.11 Å². The van der Waals surface area contributed by atoms with Crippen molar-refractivity contribution in [3.63, 3.8) is 0 Å². The van der Waals surface area contributed by atoms with Gasteiger partial charge in [-0.25, -0.2) is 18.6 Å². The first kappa shape index (κ1) is 23.4. The highest BCUT2D eigenvalue weighted by Gasteiger charge is 2.19. The average molecular weight is 452 g/mol. The molecule has 164 valence electrons. The highest BCUT2D eigenvalue weighted by Crippen LogP contribution is 2.29. The van der Waals surface area contributed by atoms with Crippen molar-refractivity contribution < 1.29 is 38.2 Å². The number of rotatable bonds is 4. The molecule has 7 heteroatoms. The Balaban J connectivity index is 0.000000523. The molecular weight excluding hydrogens is 430 g/mol. The van der Waals surface area contributed by atoms with E-state index >= 15 is 0 Å². The minimum absolute atomic E-state index is 0.867. The van der Waals surface area contributed by atoms with Crippen LogP contribution in [0.5, 0.6) is 5.75 Å². The van der Waals surface area contributed by atoms with Gasteiger partial charge in [0.1, 0.15) is 12.8 Å². The molecule has 0 bridgehead atoms. The number of pyridine rings is 1. The smallest absolute Gasteiger partial charge is 0.213 e. The van der Waals surface area contributed by atoms with Gasteiger partial charge in [-0.2, -0.15) is 4.57 Å². The van der Waals surface area contributed by atoms with E-state index in [4.69, 9.17) is 23.4 Å². The summed E-state index contributed by atoms with van der Waals surface area (Å²) in [6, 6.07) is 33.8. The predicted molar refractivity (Wildman–Crippen MR) is 110 cm³/mol. The van der Waals surface area contributed by atoms with Crippen LogP contribution < -0.4 is 27.9 Å². The number of methoxy groups -OCH3 is 1. The van der Waals surface area contributed by atoms with Crippen LogP contribution in [0.4, 0.5) is 0 Å². The summed E-state index contributed by atoms with van der Waals surface area (Å²) in [5.41, 5.74) is 7.13. The molecule has 0 saturated heterocycles. The maximum Gasteiger partial charge on any atom is 0.213 e. The summed E-state index contributed by atoms with van der Waals surface area (Å²) in [5, 5.41) is 0. The topological polar surface area (TPSA) is 105 Å². The van der Waals surface area contributed by atoms with E-state index in [1.165, 1.54) is 33.6 Å². The van der Waals surface area contributed by atoms with Crippen LogP contribution in [0.2, 0.25) is 0 Å². The number of hydrogen-bond donors (Lipinski definition) is 0. The van der Waals surface area contributed by atoms with Crippen LogP contribution in [-0.2, 0) is 7.05 Å². The van der Waals surface area contributed by atoms with Gasteiger partial charge >= 0.3 is 0 Å². The van der Waals surface area contributed by atoms with Gasteiger partial charge in [-0.05, 0) is 47.5 Å². The van der Waals surface area contributed by atoms with E-state index in [1.54, 1.807) is 7.11 Å². The second kappa shape index (κ2) is 10.4. The SMILES string of the molecule is COc1ccc(-c2cc(-c3ccccc3)[n+](C)c(-c3ccccc3)c2)cc1.[O-][Cl+3]([O-])([O-])[O-]. The van der Waals surface area contributed by atoms with Gasteiger partial charge in [0.25, 0.3) is 0 Å². The largest absolute Gasteiger partial charge is 0.497 e. The Kier molecular flexibility index (Phi) is 7.58. The molecule has 0 aliphatic rings. The summed E-state index contributed by atoms with van der Waals surface area (Å²) >= 11 is 0. The number of benzene rings is 3. The summed E-state index contributed by atoms with van der Waals surface area (Å²) in [6.45, 7) is 0. The van der Waals surface area contributed by atoms with Gasteiger partial charge in [-0.15, -0.1) is 10.2 Å². The van der Waals surface area contributed by atoms with Crippen molar-refractivity contribution in [2.75, 3.05) is 7.11 Å². The molecule has 0 aliphatic carbocycles. The molecule has 6 nitrogen and oxygen atoms in total. The Morgan fingerprint density at radius 3 is 1.38 bits per heavy atom. The lowest BCUT2D eigenvalue weighted by Gasteiger charge is -2.17. The highest BCUT2D eigenvalue weighted by atomic mass is 35.7. The van der Waals surface area contributed by atoms with Gasteiger partial charge in [-0.1, -0.05) is 48.5 Å². The minimum atomic E-state index is -4.94. The number of aromatic nitrogens is 1. The second-order valence-corrected chi connectivity index (χ2v) is 7.67. The van der Waals surface area contributed by atoms with Crippen molar-refractivity contribution in [2.24, 2.45) is 7.05 Å². The molecule has 0 fully saturated rings. The summed E-state index contributed by atoms with van der Waals surface area (Å²) in [4.78, 5) is 0. The standard InChI is InChI=1S/C25H22NO.ClHO4/c1-26-24(20-9-5-3-6-10-20)17-22(19-13-15-23(27-2)16-14-19)18-25(26)21-11-7-4-8-12-21;2-1(3,4)5/h3-18H,1-2H3;(H,2,3,4,5)/q+1;/p-1. The Hall–Kier alpha value is -3.26. The molecule has 0 radical (unpaired) electrons. The Bertz CT molecular complexity index is 1080. The van der Waals surface area contributed by atoms with E-state index in [0.717, 1.165) is 5.75 Å². The fourth-order valence-corrected chi connectivity index (χ4v) is 3.38. The highest BCUT2D eigenvalue weighted by molar-refractivity contribution is 5.74. The molecule has 0 atom stereocenters. The van der Waals surface area contributed by atoms with Crippen LogP contribution in [0, 0.1) is 10.2 Å². The molecule has 0 amide bonds. The second-order valence-electron chi connectivity index (χ2n) is 6.91. The molecule has 1 heterocycles. The molecule has 0 saturated carbocycles. The maximum atomic E-state index is 8.49. The van der Waals surface area contributed by atoms with E-state index in [9.17, 15) is 0 Å². The van der Waals surface area contributed by atoms with E-state index < -0.39 is 10.2 Å². The average Bonchev–Trinajstić information content (AvgIpc) is 2.79. The molecule has 0 spiro atoms. The van der Waals surface area contributed by atoms with Crippen molar-refractivity contribution in [1.29, 1.82) is 0 Å². The molecule has 3 aromatic carbocycles. The number of hydrogen-bond acceptors (Lipinski definition) is 5. The lowest BCUT2D eigenvalue weighted by atomic mass is 9.99. The fraction of sp³-hybridized carbons (Fsp3) is 0.0800. The van der Waals surface area contributed by atoms with Crippen molar-refractivity contribution in [3.05, 3.63) is 97.1 Å². The maximum absolute atomic E-state index is 8.49. The molecule has 4 aromatic rings. The fourth-order valence-electron chi connectivity index (χ4n) is 3.38. The van der Waals surface area contributed by atoms with Gasteiger partial charge in [0, 0.05) is 23.3 Å². The quantitative estimate of drug-likeness (QED) is 0.426. The first-order valence-electron chi connectivity index (χ1n) is 9.67. The van der Waals surface area contributed by atoms with Gasteiger partial charge in [-0.3, -0.25) is 0 Å². The number of ether oxygens (including phenoxy) is 1. The Labute approximate surface area is 189 Å². The van der Waals surface area contributed by atoms with E-state index in [-0.39, 0.29) is 0 Å². The summed E-state index contributed by atoms with van der Waals surface area (Å²) in [6.07, 6.45) is 0. The third-order valence-corrected chi connectivity index (χ3v) is 4.87. The number of nitrogens with zero attached hydrogens (tertiary/aromatic N) is 1. The van der Waals surface area contributed by atoms with Crippen LogP contribution in [0.25, 0.3) is 33.6 Å². The molecule has 0 aliphatic heterocycles. The third kappa shape index (κ3) is 6.37. The number of halogens is 1. The molecule has 4 rings (SSSR count). The van der Waals surface area contributed by atoms with E-state index in [0.29, 0.717) is 0 Å². The zero-order valence-electron chi connectivity index (χ0n) is 17.6. The Morgan fingerprint density at radius 2 is 1.00 bits per heavy atom. The van der Waals surface area contributed by atoms with Crippen LogP contribution in [0.3, 0.4) is 0 Å². The van der Waals surface area contributed by atoms with Crippen molar-refractivity contribution >= 4 is 0 Å². The van der Waals surface area contributed by atoms with Crippen molar-refractivity contribution in [1.82, 2.24) is 0 Å². The zero-order chi connectivity index (χ0) is 23.1. The molecule has 32 heavy (non-hydrogen) atoms. The normalized spacial score (nSPS) is 10.8. The van der Waals surface area contributed by atoms with Gasteiger partial charge in [0.2, 0.25) is 11.4 Å². The van der Waals surface area contributed by atoms with Gasteiger partial charge in [0.15, 0.2) is 0 Å². The molecular formula is C25H22ClNO5. The van der Waals surface area contributed by atoms with Crippen LogP contribution in [-0.4, -0.2) is 7.11 Å². The predicted octanol–water partition coefficient (Wildman–Crippen LogP) is 0.765. The van der Waals surface area contributed by atoms with Crippen LogP contribution in [0.15, 0.2) is 97.1 Å². The lowest BCUT2D eigenvalue weighted by molar-refractivity contribution is -2.00. The summed E-state index contributed by atoms with van der Waals surface area (Å²) < 4.78 is 41.5. The van der Waals surface area contributed by atoms with E-state index in [1.807, 2.05) is 12.1 Å². The lowest BCUT2D eigenvalue weighted by Crippen LogP contribution is -2.68. The van der Waals surface area contributed by atoms with Crippen LogP contribution >= 0.6 is 0 Å². The molecule has 1 aromatic heterocycles. The Morgan fingerprint density at radius 1 is 0.594 bits per heavy atom. The molecule has 0 N–H and O–H groups in total. The van der Waals surface area contributed by atoms with Gasteiger partial charge < -0.3 is 4.74 Å². The third-order valence-electron chi connectivity index (χ3n) is 4.87. The monoisotopic (exact) mass is 451 g/mol. The van der Waals surface area contributed by atoms with Crippen molar-refractivity contribution in [3.8, 4) is 39.4 Å². The first-order valence-corrected chi connectivity index (χ1v) is 10.9. The first-order chi connectivity index (χ1) is 15.3. The molecule has 0 unspecified atom stereocenters. The van der Waals surface area contributed by atoms with Crippen molar-refractivity contribution in [2.45, 2.75) is 0 Å².